The van der Waals surface area contributed by atoms with Gasteiger partial charge in [0, 0.05) is 10.8 Å². The third-order valence-electron chi connectivity index (χ3n) is 4.98. The highest BCUT2D eigenvalue weighted by molar-refractivity contribution is 6.04. The smallest absolute Gasteiger partial charge is 0.354 e. The zero-order valence-electron chi connectivity index (χ0n) is 16.4. The van der Waals surface area contributed by atoms with Gasteiger partial charge in [0.15, 0.2) is 0 Å². The predicted octanol–water partition coefficient (Wildman–Crippen LogP) is 4.30. The molecule has 4 heterocycles. The lowest BCUT2D eigenvalue weighted by Gasteiger charge is -2.08. The highest BCUT2D eigenvalue weighted by atomic mass is 16.4. The van der Waals surface area contributed by atoms with Crippen LogP contribution in [-0.2, 0) is 0 Å². The number of hydrogen-bond acceptors (Lipinski definition) is 6. The van der Waals surface area contributed by atoms with Crippen molar-refractivity contribution >= 4 is 33.7 Å². The summed E-state index contributed by atoms with van der Waals surface area (Å²) in [5, 5.41) is 20.2. The number of pyridine rings is 4. The molecule has 0 spiro atoms. The van der Waals surface area contributed by atoms with Gasteiger partial charge in [-0.1, -0.05) is 36.4 Å². The lowest BCUT2D eigenvalue weighted by atomic mass is 10.1. The summed E-state index contributed by atoms with van der Waals surface area (Å²) in [7, 11) is 0. The average molecular weight is 422 g/mol. The van der Waals surface area contributed by atoms with E-state index in [1.54, 1.807) is 36.4 Å². The molecule has 0 aliphatic heterocycles. The second-order valence-electron chi connectivity index (χ2n) is 7.03. The van der Waals surface area contributed by atoms with Crippen molar-refractivity contribution in [3.8, 4) is 22.8 Å². The third kappa shape index (κ3) is 3.39. The standard InChI is InChI=1S/C24H14N4O4/c29-23(30)19-5-1-3-15(25-19)17-11-9-13-7-8-14-10-12-18(28-22(14)21(13)27-17)16-4-2-6-20(26-16)24(31)32/h1-12H,(H,29,30)(H,31,32). The van der Waals surface area contributed by atoms with Gasteiger partial charge in [0.1, 0.15) is 11.4 Å². The molecular weight excluding hydrogens is 408 g/mol. The van der Waals surface area contributed by atoms with Crippen molar-refractivity contribution in [2.24, 2.45) is 0 Å². The summed E-state index contributed by atoms with van der Waals surface area (Å²) in [6.45, 7) is 0. The van der Waals surface area contributed by atoms with E-state index in [9.17, 15) is 19.8 Å². The van der Waals surface area contributed by atoms with Gasteiger partial charge < -0.3 is 10.2 Å². The number of carbonyl (C=O) groups is 2. The van der Waals surface area contributed by atoms with Crippen molar-refractivity contribution in [2.45, 2.75) is 0 Å². The van der Waals surface area contributed by atoms with Gasteiger partial charge in [-0.2, -0.15) is 0 Å². The number of benzene rings is 1. The number of hydrogen-bond donors (Lipinski definition) is 2. The minimum Gasteiger partial charge on any atom is -0.477 e. The van der Waals surface area contributed by atoms with Gasteiger partial charge in [0.2, 0.25) is 0 Å². The molecule has 0 aliphatic carbocycles. The van der Waals surface area contributed by atoms with Crippen LogP contribution in [0.4, 0.5) is 0 Å². The van der Waals surface area contributed by atoms with Gasteiger partial charge in [-0.05, 0) is 36.4 Å². The summed E-state index contributed by atoms with van der Waals surface area (Å²) in [6, 6.07) is 20.7. The molecular formula is C24H14N4O4. The Morgan fingerprint density at radius 3 is 1.28 bits per heavy atom. The molecule has 0 atom stereocenters. The maximum atomic E-state index is 11.3. The molecule has 0 amide bonds. The van der Waals surface area contributed by atoms with Crippen LogP contribution in [-0.4, -0.2) is 42.1 Å². The summed E-state index contributed by atoms with van der Waals surface area (Å²) >= 11 is 0. The van der Waals surface area contributed by atoms with Gasteiger partial charge >= 0.3 is 11.9 Å². The highest BCUT2D eigenvalue weighted by Crippen LogP contribution is 2.28. The molecule has 4 aromatic heterocycles. The van der Waals surface area contributed by atoms with Crippen LogP contribution in [0.5, 0.6) is 0 Å². The number of carboxylic acids is 2. The molecule has 8 nitrogen and oxygen atoms in total. The summed E-state index contributed by atoms with van der Waals surface area (Å²) in [4.78, 5) is 40.3. The highest BCUT2D eigenvalue weighted by Gasteiger charge is 2.12. The van der Waals surface area contributed by atoms with Crippen LogP contribution in [0.1, 0.15) is 21.0 Å². The third-order valence-corrected chi connectivity index (χ3v) is 4.98. The van der Waals surface area contributed by atoms with E-state index in [0.717, 1.165) is 10.8 Å². The number of aromatic nitrogens is 4. The topological polar surface area (TPSA) is 126 Å². The normalized spacial score (nSPS) is 11.0. The number of nitrogens with zero attached hydrogens (tertiary/aromatic N) is 4. The molecule has 8 heteroatoms. The zero-order valence-corrected chi connectivity index (χ0v) is 16.4. The molecule has 0 fully saturated rings. The molecule has 0 saturated carbocycles. The van der Waals surface area contributed by atoms with Crippen molar-refractivity contribution in [1.29, 1.82) is 0 Å². The van der Waals surface area contributed by atoms with E-state index in [1.807, 2.05) is 24.3 Å². The van der Waals surface area contributed by atoms with Gasteiger partial charge in [-0.3, -0.25) is 0 Å². The maximum Gasteiger partial charge on any atom is 0.354 e. The van der Waals surface area contributed by atoms with E-state index >= 15 is 0 Å². The summed E-state index contributed by atoms with van der Waals surface area (Å²) in [6.07, 6.45) is 0. The maximum absolute atomic E-state index is 11.3. The van der Waals surface area contributed by atoms with Crippen LogP contribution in [0.25, 0.3) is 44.6 Å². The minimum absolute atomic E-state index is 0.0629. The first-order valence-electron chi connectivity index (χ1n) is 9.61. The number of rotatable bonds is 4. The van der Waals surface area contributed by atoms with Crippen molar-refractivity contribution in [2.75, 3.05) is 0 Å². The molecule has 32 heavy (non-hydrogen) atoms. The average Bonchev–Trinajstić information content (AvgIpc) is 2.83. The molecule has 0 aliphatic rings. The Hall–Kier alpha value is -4.72. The van der Waals surface area contributed by atoms with Gasteiger partial charge in [0.25, 0.3) is 0 Å². The lowest BCUT2D eigenvalue weighted by molar-refractivity contribution is 0.0680. The van der Waals surface area contributed by atoms with Crippen LogP contribution in [0.3, 0.4) is 0 Å². The van der Waals surface area contributed by atoms with Crippen molar-refractivity contribution in [1.82, 2.24) is 19.9 Å². The summed E-state index contributed by atoms with van der Waals surface area (Å²) in [5.41, 5.74) is 3.04. The van der Waals surface area contributed by atoms with Crippen molar-refractivity contribution in [3.63, 3.8) is 0 Å². The summed E-state index contributed by atoms with van der Waals surface area (Å²) in [5.74, 6) is -2.22. The Balaban J connectivity index is 1.69. The van der Waals surface area contributed by atoms with Crippen LogP contribution < -0.4 is 0 Å². The van der Waals surface area contributed by atoms with E-state index in [-0.39, 0.29) is 11.4 Å². The fourth-order valence-corrected chi connectivity index (χ4v) is 3.45. The van der Waals surface area contributed by atoms with Crippen LogP contribution in [0.15, 0.2) is 72.8 Å². The minimum atomic E-state index is -1.11. The van der Waals surface area contributed by atoms with Crippen LogP contribution in [0, 0.1) is 0 Å². The first-order chi connectivity index (χ1) is 15.5. The van der Waals surface area contributed by atoms with Gasteiger partial charge in [-0.25, -0.2) is 29.5 Å². The predicted molar refractivity (Wildman–Crippen MR) is 117 cm³/mol. The number of fused-ring (bicyclic) bond motifs is 3. The molecule has 5 aromatic rings. The largest absolute Gasteiger partial charge is 0.477 e. The number of aromatic carboxylic acids is 2. The molecule has 154 valence electrons. The van der Waals surface area contributed by atoms with E-state index in [1.165, 1.54) is 12.1 Å². The van der Waals surface area contributed by atoms with Gasteiger partial charge in [0.05, 0.1) is 33.8 Å². The molecule has 5 rings (SSSR count). The Kier molecular flexibility index (Phi) is 4.52. The van der Waals surface area contributed by atoms with Crippen LogP contribution in [0.2, 0.25) is 0 Å². The van der Waals surface area contributed by atoms with E-state index in [0.29, 0.717) is 33.8 Å². The SMILES string of the molecule is O=C(O)c1cccc(-c2ccc3ccc4ccc(-c5cccc(C(=O)O)n5)nc4c3n2)n1. The van der Waals surface area contributed by atoms with Gasteiger partial charge in [-0.15, -0.1) is 0 Å². The van der Waals surface area contributed by atoms with Crippen molar-refractivity contribution in [3.05, 3.63) is 84.2 Å². The van der Waals surface area contributed by atoms with E-state index < -0.39 is 11.9 Å². The zero-order chi connectivity index (χ0) is 22.2. The molecule has 0 saturated heterocycles. The fourth-order valence-electron chi connectivity index (χ4n) is 3.45. The molecule has 0 bridgehead atoms. The quantitative estimate of drug-likeness (QED) is 0.411. The van der Waals surface area contributed by atoms with E-state index in [4.69, 9.17) is 9.97 Å². The first-order valence-corrected chi connectivity index (χ1v) is 9.61. The number of carboxylic acid groups (broad SMARTS) is 2. The van der Waals surface area contributed by atoms with Crippen molar-refractivity contribution < 1.29 is 19.8 Å². The lowest BCUT2D eigenvalue weighted by Crippen LogP contribution is -2.01. The molecule has 0 unspecified atom stereocenters. The Morgan fingerprint density at radius 1 is 0.500 bits per heavy atom. The van der Waals surface area contributed by atoms with E-state index in [2.05, 4.69) is 9.97 Å². The second kappa shape index (κ2) is 7.51. The summed E-state index contributed by atoms with van der Waals surface area (Å²) < 4.78 is 0. The molecule has 2 N–H and O–H groups in total. The molecule has 1 aromatic carbocycles. The molecule has 0 radical (unpaired) electrons. The fraction of sp³-hybridized carbons (Fsp3) is 0. The monoisotopic (exact) mass is 422 g/mol. The first kappa shape index (κ1) is 19.3. The second-order valence-corrected chi connectivity index (χ2v) is 7.03. The van der Waals surface area contributed by atoms with Crippen LogP contribution >= 0.6 is 0 Å². The Morgan fingerprint density at radius 2 is 0.875 bits per heavy atom. The Bertz CT molecular complexity index is 1430. The Labute approximate surface area is 180 Å².